The van der Waals surface area contributed by atoms with E-state index < -0.39 is 29.1 Å². The second kappa shape index (κ2) is 7.43. The lowest BCUT2D eigenvalue weighted by Crippen LogP contribution is -2.59. The zero-order valence-electron chi connectivity index (χ0n) is 13.7. The first-order valence-electron chi connectivity index (χ1n) is 7.51. The summed E-state index contributed by atoms with van der Waals surface area (Å²) in [7, 11) is 0. The molecule has 0 radical (unpaired) electrons. The van der Waals surface area contributed by atoms with Gasteiger partial charge in [-0.3, -0.25) is 4.79 Å². The number of hydrogen-bond acceptors (Lipinski definition) is 3. The van der Waals surface area contributed by atoms with E-state index in [1.165, 1.54) is 24.3 Å². The minimum Gasteiger partial charge on any atom is -0.478 e. The molecule has 26 heavy (non-hydrogen) atoms. The van der Waals surface area contributed by atoms with Crippen molar-refractivity contribution in [2.24, 2.45) is 0 Å². The molecule has 3 rings (SSSR count). The standard InChI is InChI=1S/C13H9F3O4.C6H6/c1-7(17)12(13(14,15)16)9(11(18)19)6-8-4-2-3-5-10(8)20-12;1-2-4-6-5-3-1/h2-6H,1H3,(H,18,19);1-6H. The molecule has 1 unspecified atom stereocenters. The Morgan fingerprint density at radius 3 is 1.88 bits per heavy atom. The number of carboxylic acids is 1. The van der Waals surface area contributed by atoms with Crippen molar-refractivity contribution in [1.29, 1.82) is 0 Å². The van der Waals surface area contributed by atoms with Gasteiger partial charge in [0.1, 0.15) is 5.75 Å². The van der Waals surface area contributed by atoms with E-state index in [1.807, 2.05) is 36.4 Å². The summed E-state index contributed by atoms with van der Waals surface area (Å²) in [6.07, 6.45) is -4.37. The number of ketones is 1. The molecule has 7 heteroatoms. The normalized spacial score (nSPS) is 18.4. The average molecular weight is 364 g/mol. The van der Waals surface area contributed by atoms with Gasteiger partial charge in [-0.2, -0.15) is 13.2 Å². The molecule has 0 saturated carbocycles. The number of ether oxygens (including phenoxy) is 1. The van der Waals surface area contributed by atoms with Gasteiger partial charge in [-0.15, -0.1) is 0 Å². The third-order valence-electron chi connectivity index (χ3n) is 3.65. The summed E-state index contributed by atoms with van der Waals surface area (Å²) in [5.74, 6) is -3.48. The molecule has 1 aliphatic rings. The molecular formula is C19H15F3O4. The van der Waals surface area contributed by atoms with E-state index in [2.05, 4.69) is 0 Å². The van der Waals surface area contributed by atoms with Crippen molar-refractivity contribution in [2.45, 2.75) is 18.7 Å². The number of rotatable bonds is 2. The number of aliphatic carboxylic acids is 1. The monoisotopic (exact) mass is 364 g/mol. The first-order valence-corrected chi connectivity index (χ1v) is 7.51. The number of carbonyl (C=O) groups excluding carboxylic acids is 1. The number of halogens is 3. The van der Waals surface area contributed by atoms with Crippen molar-refractivity contribution in [3.63, 3.8) is 0 Å². The number of Topliss-reactive ketones (excluding diaryl/α,β-unsaturated/α-hetero) is 1. The van der Waals surface area contributed by atoms with Crippen LogP contribution in [0.4, 0.5) is 13.2 Å². The molecule has 0 aliphatic carbocycles. The highest BCUT2D eigenvalue weighted by molar-refractivity contribution is 6.06. The van der Waals surface area contributed by atoms with E-state index in [-0.39, 0.29) is 11.3 Å². The largest absolute Gasteiger partial charge is 0.478 e. The van der Waals surface area contributed by atoms with Crippen LogP contribution in [0.1, 0.15) is 12.5 Å². The summed E-state index contributed by atoms with van der Waals surface area (Å²) >= 11 is 0. The predicted octanol–water partition coefficient (Wildman–Crippen LogP) is 4.12. The van der Waals surface area contributed by atoms with E-state index in [1.54, 1.807) is 0 Å². The van der Waals surface area contributed by atoms with Crippen LogP contribution in [0.5, 0.6) is 5.75 Å². The molecule has 0 spiro atoms. The molecule has 0 amide bonds. The number of fused-ring (bicyclic) bond motifs is 1. The molecule has 2 aromatic rings. The Labute approximate surface area is 147 Å². The van der Waals surface area contributed by atoms with E-state index in [9.17, 15) is 22.8 Å². The molecule has 1 atom stereocenters. The Morgan fingerprint density at radius 2 is 1.46 bits per heavy atom. The summed E-state index contributed by atoms with van der Waals surface area (Å²) < 4.78 is 44.7. The van der Waals surface area contributed by atoms with Crippen LogP contribution < -0.4 is 4.74 Å². The smallest absolute Gasteiger partial charge is 0.440 e. The fraction of sp³-hybridized carbons (Fsp3) is 0.158. The van der Waals surface area contributed by atoms with Gasteiger partial charge in [0.2, 0.25) is 0 Å². The lowest BCUT2D eigenvalue weighted by atomic mass is 9.85. The van der Waals surface area contributed by atoms with E-state index in [0.29, 0.717) is 6.92 Å². The maximum atomic E-state index is 13.3. The van der Waals surface area contributed by atoms with Crippen molar-refractivity contribution in [3.8, 4) is 5.75 Å². The summed E-state index contributed by atoms with van der Waals surface area (Å²) in [5, 5.41) is 9.01. The summed E-state index contributed by atoms with van der Waals surface area (Å²) in [6.45, 7) is 0.651. The van der Waals surface area contributed by atoms with E-state index in [4.69, 9.17) is 9.84 Å². The number of alkyl halides is 3. The van der Waals surface area contributed by atoms with Crippen molar-refractivity contribution in [3.05, 3.63) is 71.8 Å². The maximum Gasteiger partial charge on any atom is 0.440 e. The predicted molar refractivity (Wildman–Crippen MR) is 88.6 cm³/mol. The number of benzene rings is 2. The Kier molecular flexibility index (Phi) is 5.50. The molecule has 1 heterocycles. The number of para-hydroxylation sites is 1. The topological polar surface area (TPSA) is 63.6 Å². The van der Waals surface area contributed by atoms with Crippen LogP contribution in [0, 0.1) is 0 Å². The highest BCUT2D eigenvalue weighted by atomic mass is 19.4. The molecule has 4 nitrogen and oxygen atoms in total. The Balaban J connectivity index is 0.000000342. The third-order valence-corrected chi connectivity index (χ3v) is 3.65. The number of carboxylic acid groups (broad SMARTS) is 1. The van der Waals surface area contributed by atoms with Gasteiger partial charge in [0, 0.05) is 5.56 Å². The van der Waals surface area contributed by atoms with Gasteiger partial charge < -0.3 is 9.84 Å². The van der Waals surface area contributed by atoms with Gasteiger partial charge >= 0.3 is 12.1 Å². The maximum absolute atomic E-state index is 13.3. The molecule has 2 aromatic carbocycles. The molecule has 136 valence electrons. The average Bonchev–Trinajstić information content (AvgIpc) is 2.61. The lowest BCUT2D eigenvalue weighted by Gasteiger charge is -2.37. The van der Waals surface area contributed by atoms with Gasteiger partial charge in [-0.05, 0) is 19.1 Å². The van der Waals surface area contributed by atoms with Crippen LogP contribution in [0.2, 0.25) is 0 Å². The highest BCUT2D eigenvalue weighted by Gasteiger charge is 2.66. The number of carbonyl (C=O) groups is 2. The van der Waals surface area contributed by atoms with Gasteiger partial charge in [0.25, 0.3) is 5.60 Å². The van der Waals surface area contributed by atoms with Gasteiger partial charge in [0.15, 0.2) is 5.78 Å². The first-order chi connectivity index (χ1) is 12.2. The van der Waals surface area contributed by atoms with Crippen molar-refractivity contribution < 1.29 is 32.6 Å². The highest BCUT2D eigenvalue weighted by Crippen LogP contribution is 2.45. The van der Waals surface area contributed by atoms with Crippen molar-refractivity contribution in [1.82, 2.24) is 0 Å². The van der Waals surface area contributed by atoms with Crippen LogP contribution in [0.15, 0.2) is 66.2 Å². The molecule has 0 saturated heterocycles. The molecule has 0 bridgehead atoms. The fourth-order valence-electron chi connectivity index (χ4n) is 2.44. The SMILES string of the molecule is CC(=O)C1(C(F)(F)F)Oc2ccccc2C=C1C(=O)O.c1ccccc1. The number of hydrogen-bond donors (Lipinski definition) is 1. The molecular weight excluding hydrogens is 349 g/mol. The van der Waals surface area contributed by atoms with E-state index >= 15 is 0 Å². The van der Waals surface area contributed by atoms with Gasteiger partial charge in [-0.25, -0.2) is 4.79 Å². The minimum absolute atomic E-state index is 0.172. The van der Waals surface area contributed by atoms with Crippen molar-refractivity contribution >= 4 is 17.8 Å². The van der Waals surface area contributed by atoms with Crippen LogP contribution in [0.3, 0.4) is 0 Å². The zero-order valence-corrected chi connectivity index (χ0v) is 13.7. The van der Waals surface area contributed by atoms with E-state index in [0.717, 1.165) is 6.08 Å². The molecule has 0 aromatic heterocycles. The molecule has 1 aliphatic heterocycles. The van der Waals surface area contributed by atoms with Crippen LogP contribution in [-0.2, 0) is 9.59 Å². The summed E-state index contributed by atoms with van der Waals surface area (Å²) in [6, 6.07) is 17.6. The summed E-state index contributed by atoms with van der Waals surface area (Å²) in [4.78, 5) is 22.7. The van der Waals surface area contributed by atoms with Gasteiger partial charge in [-0.1, -0.05) is 54.6 Å². The molecule has 1 N–H and O–H groups in total. The molecule has 0 fully saturated rings. The fourth-order valence-corrected chi connectivity index (χ4v) is 2.44. The first kappa shape index (κ1) is 19.2. The zero-order chi connectivity index (χ0) is 19.4. The Bertz CT molecular complexity index is 801. The summed E-state index contributed by atoms with van der Waals surface area (Å²) in [5.41, 5.74) is -4.45. The quantitative estimate of drug-likeness (QED) is 0.871. The minimum atomic E-state index is -5.18. The second-order valence-corrected chi connectivity index (χ2v) is 5.39. The lowest BCUT2D eigenvalue weighted by molar-refractivity contribution is -0.229. The Hall–Kier alpha value is -3.09. The third kappa shape index (κ3) is 3.61. The van der Waals surface area contributed by atoms with Crippen LogP contribution in [0.25, 0.3) is 6.08 Å². The van der Waals surface area contributed by atoms with Crippen LogP contribution in [-0.4, -0.2) is 28.6 Å². The Morgan fingerprint density at radius 1 is 0.962 bits per heavy atom. The van der Waals surface area contributed by atoms with Crippen molar-refractivity contribution in [2.75, 3.05) is 0 Å². The second-order valence-electron chi connectivity index (χ2n) is 5.39. The van der Waals surface area contributed by atoms with Crippen LogP contribution >= 0.6 is 0 Å². The van der Waals surface area contributed by atoms with Gasteiger partial charge in [0.05, 0.1) is 5.57 Å².